The van der Waals surface area contributed by atoms with Gasteiger partial charge >= 0.3 is 11.8 Å². The lowest BCUT2D eigenvalue weighted by atomic mass is 10.3. The first-order valence-corrected chi connectivity index (χ1v) is 5.78. The zero-order chi connectivity index (χ0) is 13.8. The van der Waals surface area contributed by atoms with Crippen molar-refractivity contribution >= 4 is 6.09 Å². The number of aromatic amines is 1. The van der Waals surface area contributed by atoms with Gasteiger partial charge in [0.25, 0.3) is 5.56 Å². The number of H-pyrrole nitrogens is 1. The van der Waals surface area contributed by atoms with Crippen LogP contribution in [-0.4, -0.2) is 40.2 Å². The van der Waals surface area contributed by atoms with Crippen LogP contribution in [0.15, 0.2) is 15.8 Å². The van der Waals surface area contributed by atoms with Crippen molar-refractivity contribution in [3.8, 4) is 6.07 Å². The Bertz CT molecular complexity index is 639. The average molecular weight is 264 g/mol. The average Bonchev–Trinajstić information content (AvgIpc) is 2.79. The molecule has 1 N–H and O–H groups in total. The summed E-state index contributed by atoms with van der Waals surface area (Å²) in [7, 11) is 0. The highest BCUT2D eigenvalue weighted by atomic mass is 16.6. The minimum atomic E-state index is -0.616. The number of nitrogens with zero attached hydrogens (tertiary/aromatic N) is 3. The number of hydrogen-bond donors (Lipinski definition) is 1. The summed E-state index contributed by atoms with van der Waals surface area (Å²) in [5.74, 6) is 0. The molecule has 0 radical (unpaired) electrons. The van der Waals surface area contributed by atoms with Gasteiger partial charge in [-0.1, -0.05) is 0 Å². The fraction of sp³-hybridized carbons (Fsp3) is 0.455. The van der Waals surface area contributed by atoms with Gasteiger partial charge in [-0.2, -0.15) is 5.26 Å². The minimum Gasteiger partial charge on any atom is -0.448 e. The molecule has 1 aliphatic rings. The third-order valence-corrected chi connectivity index (χ3v) is 2.84. The SMILES string of the molecule is N#Cc1c[nH]c(=O)n(CCCN2CCOC2=O)c1=O. The summed E-state index contributed by atoms with van der Waals surface area (Å²) in [6.07, 6.45) is 1.15. The molecule has 1 aromatic heterocycles. The summed E-state index contributed by atoms with van der Waals surface area (Å²) < 4.78 is 5.72. The molecule has 2 heterocycles. The first-order valence-electron chi connectivity index (χ1n) is 5.78. The maximum absolute atomic E-state index is 11.7. The highest BCUT2D eigenvalue weighted by Crippen LogP contribution is 2.03. The number of cyclic esters (lactones) is 1. The molecule has 1 aliphatic heterocycles. The minimum absolute atomic E-state index is 0.111. The van der Waals surface area contributed by atoms with E-state index in [0.717, 1.165) is 10.8 Å². The molecule has 0 bridgehead atoms. The summed E-state index contributed by atoms with van der Waals surface area (Å²) in [5, 5.41) is 8.71. The van der Waals surface area contributed by atoms with E-state index in [1.165, 1.54) is 4.90 Å². The molecular weight excluding hydrogens is 252 g/mol. The van der Waals surface area contributed by atoms with E-state index in [1.807, 2.05) is 0 Å². The van der Waals surface area contributed by atoms with Gasteiger partial charge < -0.3 is 14.6 Å². The highest BCUT2D eigenvalue weighted by Gasteiger charge is 2.21. The predicted molar refractivity (Wildman–Crippen MR) is 63.6 cm³/mol. The molecule has 0 atom stereocenters. The Morgan fingerprint density at radius 3 is 2.79 bits per heavy atom. The lowest BCUT2D eigenvalue weighted by Gasteiger charge is -2.12. The largest absolute Gasteiger partial charge is 0.448 e. The second-order valence-electron chi connectivity index (χ2n) is 4.03. The molecule has 1 saturated heterocycles. The van der Waals surface area contributed by atoms with Crippen molar-refractivity contribution in [2.75, 3.05) is 19.7 Å². The van der Waals surface area contributed by atoms with E-state index in [9.17, 15) is 14.4 Å². The van der Waals surface area contributed by atoms with Gasteiger partial charge in [0.05, 0.1) is 6.54 Å². The van der Waals surface area contributed by atoms with E-state index < -0.39 is 11.2 Å². The van der Waals surface area contributed by atoms with Gasteiger partial charge in [0.2, 0.25) is 0 Å². The zero-order valence-corrected chi connectivity index (χ0v) is 10.1. The van der Waals surface area contributed by atoms with E-state index in [4.69, 9.17) is 10.00 Å². The van der Waals surface area contributed by atoms with Crippen LogP contribution in [0.1, 0.15) is 12.0 Å². The number of aromatic nitrogens is 2. The Balaban J connectivity index is 2.04. The number of nitriles is 1. The molecule has 1 amide bonds. The maximum Gasteiger partial charge on any atom is 0.409 e. The number of nitrogens with one attached hydrogen (secondary N) is 1. The van der Waals surface area contributed by atoms with Gasteiger partial charge in [0.15, 0.2) is 0 Å². The molecule has 0 saturated carbocycles. The summed E-state index contributed by atoms with van der Waals surface area (Å²) in [6.45, 7) is 1.43. The van der Waals surface area contributed by atoms with Crippen molar-refractivity contribution < 1.29 is 9.53 Å². The summed E-state index contributed by atoms with van der Waals surface area (Å²) >= 11 is 0. The summed E-state index contributed by atoms with van der Waals surface area (Å²) in [5.41, 5.74) is -1.29. The van der Waals surface area contributed by atoms with Gasteiger partial charge in [-0.05, 0) is 6.42 Å². The molecule has 19 heavy (non-hydrogen) atoms. The molecule has 0 spiro atoms. The Morgan fingerprint density at radius 2 is 2.16 bits per heavy atom. The smallest absolute Gasteiger partial charge is 0.409 e. The molecule has 0 aliphatic carbocycles. The van der Waals surface area contributed by atoms with Crippen LogP contribution in [0.4, 0.5) is 4.79 Å². The number of ether oxygens (including phenoxy) is 1. The molecule has 0 unspecified atom stereocenters. The monoisotopic (exact) mass is 264 g/mol. The Kier molecular flexibility index (Phi) is 3.66. The third kappa shape index (κ3) is 2.65. The Morgan fingerprint density at radius 1 is 1.37 bits per heavy atom. The van der Waals surface area contributed by atoms with Gasteiger partial charge in [-0.3, -0.25) is 9.36 Å². The van der Waals surface area contributed by atoms with Gasteiger partial charge in [-0.15, -0.1) is 0 Å². The van der Waals surface area contributed by atoms with Crippen LogP contribution in [0, 0.1) is 11.3 Å². The van der Waals surface area contributed by atoms with Crippen molar-refractivity contribution in [1.29, 1.82) is 5.26 Å². The second-order valence-corrected chi connectivity index (χ2v) is 4.03. The molecule has 8 heteroatoms. The normalized spacial score (nSPS) is 14.3. The first kappa shape index (κ1) is 12.9. The molecule has 1 fully saturated rings. The number of carbonyl (C=O) groups excluding carboxylic acids is 1. The first-order chi connectivity index (χ1) is 9.13. The van der Waals surface area contributed by atoms with Crippen LogP contribution in [0.5, 0.6) is 0 Å². The Hall–Kier alpha value is -2.56. The van der Waals surface area contributed by atoms with Crippen LogP contribution in [0.25, 0.3) is 0 Å². The summed E-state index contributed by atoms with van der Waals surface area (Å²) in [4.78, 5) is 38.2. The number of amides is 1. The number of hydrogen-bond acceptors (Lipinski definition) is 5. The molecule has 0 aromatic carbocycles. The lowest BCUT2D eigenvalue weighted by Crippen LogP contribution is -2.37. The topological polar surface area (TPSA) is 108 Å². The van der Waals surface area contributed by atoms with E-state index in [-0.39, 0.29) is 18.2 Å². The van der Waals surface area contributed by atoms with E-state index in [0.29, 0.717) is 26.1 Å². The number of rotatable bonds is 4. The predicted octanol–water partition coefficient (Wildman–Crippen LogP) is -0.749. The van der Waals surface area contributed by atoms with Crippen molar-refractivity contribution in [1.82, 2.24) is 14.5 Å². The fourth-order valence-corrected chi connectivity index (χ4v) is 1.84. The van der Waals surface area contributed by atoms with Crippen LogP contribution in [0.3, 0.4) is 0 Å². The molecule has 1 aromatic rings. The van der Waals surface area contributed by atoms with Crippen LogP contribution >= 0.6 is 0 Å². The highest BCUT2D eigenvalue weighted by molar-refractivity contribution is 5.69. The third-order valence-electron chi connectivity index (χ3n) is 2.84. The van der Waals surface area contributed by atoms with Crippen LogP contribution in [-0.2, 0) is 11.3 Å². The molecular formula is C11H12N4O4. The molecule has 8 nitrogen and oxygen atoms in total. The standard InChI is InChI=1S/C11H12N4O4/c12-6-8-7-13-10(17)15(9(8)16)3-1-2-14-4-5-19-11(14)18/h7H,1-5H2,(H,13,17). The van der Waals surface area contributed by atoms with Gasteiger partial charge in [0, 0.05) is 19.3 Å². The van der Waals surface area contributed by atoms with Crippen molar-refractivity contribution in [3.63, 3.8) is 0 Å². The van der Waals surface area contributed by atoms with Gasteiger partial charge in [0.1, 0.15) is 18.2 Å². The van der Waals surface area contributed by atoms with E-state index in [2.05, 4.69) is 4.98 Å². The fourth-order valence-electron chi connectivity index (χ4n) is 1.84. The lowest BCUT2D eigenvalue weighted by molar-refractivity contribution is 0.158. The quantitative estimate of drug-likeness (QED) is 0.769. The number of carbonyl (C=O) groups is 1. The van der Waals surface area contributed by atoms with E-state index >= 15 is 0 Å². The maximum atomic E-state index is 11.7. The van der Waals surface area contributed by atoms with Crippen LogP contribution < -0.4 is 11.2 Å². The van der Waals surface area contributed by atoms with Gasteiger partial charge in [-0.25, -0.2) is 9.59 Å². The van der Waals surface area contributed by atoms with Crippen molar-refractivity contribution in [3.05, 3.63) is 32.6 Å². The van der Waals surface area contributed by atoms with Crippen molar-refractivity contribution in [2.45, 2.75) is 13.0 Å². The molecule has 100 valence electrons. The Labute approximate surface area is 107 Å². The second kappa shape index (κ2) is 5.39. The van der Waals surface area contributed by atoms with E-state index in [1.54, 1.807) is 6.07 Å². The van der Waals surface area contributed by atoms with Crippen LogP contribution in [0.2, 0.25) is 0 Å². The zero-order valence-electron chi connectivity index (χ0n) is 10.1. The van der Waals surface area contributed by atoms with Crippen molar-refractivity contribution in [2.24, 2.45) is 0 Å². The summed E-state index contributed by atoms with van der Waals surface area (Å²) in [6, 6.07) is 1.71. The molecule has 2 rings (SSSR count).